The Morgan fingerprint density at radius 1 is 0.963 bits per heavy atom. The second-order valence-electron chi connectivity index (χ2n) is 6.80. The molecule has 0 aliphatic carbocycles. The normalized spacial score (nSPS) is 10.7. The number of carbonyl (C=O) groups is 1. The zero-order valence-corrected chi connectivity index (χ0v) is 16.7. The van der Waals surface area contributed by atoms with Crippen molar-refractivity contribution in [2.75, 3.05) is 20.3 Å². The van der Waals surface area contributed by atoms with Crippen LogP contribution < -0.4 is 20.1 Å². The first-order valence-corrected chi connectivity index (χ1v) is 9.43. The molecule has 0 bridgehead atoms. The third kappa shape index (κ3) is 6.61. The van der Waals surface area contributed by atoms with Crippen LogP contribution in [0.15, 0.2) is 42.5 Å². The lowest BCUT2D eigenvalue weighted by Gasteiger charge is -2.15. The van der Waals surface area contributed by atoms with Gasteiger partial charge >= 0.3 is 0 Å². The Bertz CT molecular complexity index is 727. The van der Waals surface area contributed by atoms with Crippen LogP contribution >= 0.6 is 0 Å². The van der Waals surface area contributed by atoms with Crippen molar-refractivity contribution in [3.05, 3.63) is 59.2 Å². The number of nitrogens with one attached hydrogen (secondary N) is 2. The molecule has 0 spiro atoms. The topological polar surface area (TPSA) is 59.6 Å². The highest BCUT2D eigenvalue weighted by molar-refractivity contribution is 5.93. The number of benzene rings is 2. The fourth-order valence-electron chi connectivity index (χ4n) is 2.58. The maximum absolute atomic E-state index is 11.6. The number of hydrogen-bond donors (Lipinski definition) is 2. The molecule has 5 nitrogen and oxygen atoms in total. The summed E-state index contributed by atoms with van der Waals surface area (Å²) >= 11 is 0. The minimum atomic E-state index is -0.0715. The molecule has 0 saturated heterocycles. The maximum atomic E-state index is 11.6. The van der Waals surface area contributed by atoms with Crippen LogP contribution in [0.25, 0.3) is 0 Å². The lowest BCUT2D eigenvalue weighted by Crippen LogP contribution is -2.18. The number of ether oxygens (including phenoxy) is 2. The second kappa shape index (κ2) is 10.6. The van der Waals surface area contributed by atoms with Crippen LogP contribution in [0.1, 0.15) is 42.3 Å². The van der Waals surface area contributed by atoms with Crippen LogP contribution in [0.4, 0.5) is 0 Å². The quantitative estimate of drug-likeness (QED) is 0.668. The highest BCUT2D eigenvalue weighted by Gasteiger charge is 2.08. The summed E-state index contributed by atoms with van der Waals surface area (Å²) in [6, 6.07) is 13.7. The first kappa shape index (κ1) is 20.8. The number of carbonyl (C=O) groups excluding carboxylic acids is 1. The van der Waals surface area contributed by atoms with Crippen molar-refractivity contribution in [2.24, 2.45) is 5.92 Å². The molecule has 0 fully saturated rings. The Morgan fingerprint density at radius 3 is 2.26 bits per heavy atom. The molecule has 0 unspecified atom stereocenters. The van der Waals surface area contributed by atoms with E-state index in [-0.39, 0.29) is 5.91 Å². The van der Waals surface area contributed by atoms with Gasteiger partial charge in [0.05, 0.1) is 13.2 Å². The largest absolute Gasteiger partial charge is 0.490 e. The Kier molecular flexibility index (Phi) is 8.14. The fourth-order valence-corrected chi connectivity index (χ4v) is 2.58. The first-order valence-electron chi connectivity index (χ1n) is 9.43. The molecule has 2 aromatic rings. The average Bonchev–Trinajstić information content (AvgIpc) is 2.67. The zero-order chi connectivity index (χ0) is 19.6. The van der Waals surface area contributed by atoms with E-state index < -0.39 is 0 Å². The van der Waals surface area contributed by atoms with E-state index in [2.05, 4.69) is 30.5 Å². The summed E-state index contributed by atoms with van der Waals surface area (Å²) in [5.74, 6) is 1.97. The van der Waals surface area contributed by atoms with E-state index in [0.29, 0.717) is 24.7 Å². The predicted molar refractivity (Wildman–Crippen MR) is 108 cm³/mol. The molecule has 0 saturated carbocycles. The molecule has 0 radical (unpaired) electrons. The van der Waals surface area contributed by atoms with Gasteiger partial charge in [0.25, 0.3) is 5.91 Å². The van der Waals surface area contributed by atoms with E-state index >= 15 is 0 Å². The Labute approximate surface area is 162 Å². The average molecular weight is 370 g/mol. The van der Waals surface area contributed by atoms with Crippen molar-refractivity contribution in [3.63, 3.8) is 0 Å². The van der Waals surface area contributed by atoms with Gasteiger partial charge in [-0.25, -0.2) is 0 Å². The smallest absolute Gasteiger partial charge is 0.251 e. The minimum absolute atomic E-state index is 0.0715. The molecule has 146 valence electrons. The maximum Gasteiger partial charge on any atom is 0.251 e. The summed E-state index contributed by atoms with van der Waals surface area (Å²) in [7, 11) is 1.63. The number of rotatable bonds is 10. The molecule has 27 heavy (non-hydrogen) atoms. The summed E-state index contributed by atoms with van der Waals surface area (Å²) in [5, 5.41) is 6.05. The van der Waals surface area contributed by atoms with Gasteiger partial charge in [-0.2, -0.15) is 0 Å². The van der Waals surface area contributed by atoms with Crippen LogP contribution in [-0.4, -0.2) is 26.2 Å². The van der Waals surface area contributed by atoms with Gasteiger partial charge in [0.2, 0.25) is 0 Å². The van der Waals surface area contributed by atoms with Crippen molar-refractivity contribution in [2.45, 2.75) is 33.9 Å². The molecule has 5 heteroatoms. The molecule has 2 aromatic carbocycles. The van der Waals surface area contributed by atoms with Gasteiger partial charge in [0.15, 0.2) is 11.5 Å². The van der Waals surface area contributed by atoms with Gasteiger partial charge in [0, 0.05) is 25.7 Å². The van der Waals surface area contributed by atoms with Gasteiger partial charge in [-0.3, -0.25) is 4.79 Å². The summed E-state index contributed by atoms with van der Waals surface area (Å²) < 4.78 is 11.6. The highest BCUT2D eigenvalue weighted by atomic mass is 16.5. The minimum Gasteiger partial charge on any atom is -0.490 e. The van der Waals surface area contributed by atoms with Crippen molar-refractivity contribution < 1.29 is 14.3 Å². The van der Waals surface area contributed by atoms with Gasteiger partial charge in [-0.1, -0.05) is 32.0 Å². The van der Waals surface area contributed by atoms with E-state index in [9.17, 15) is 4.79 Å². The van der Waals surface area contributed by atoms with Gasteiger partial charge in [-0.15, -0.1) is 0 Å². The van der Waals surface area contributed by atoms with E-state index in [1.807, 2.05) is 43.3 Å². The van der Waals surface area contributed by atoms with E-state index in [1.165, 1.54) is 0 Å². The molecule has 0 heterocycles. The van der Waals surface area contributed by atoms with E-state index in [4.69, 9.17) is 9.47 Å². The molecule has 2 N–H and O–H groups in total. The summed E-state index contributed by atoms with van der Waals surface area (Å²) in [5.41, 5.74) is 2.93. The summed E-state index contributed by atoms with van der Waals surface area (Å²) in [4.78, 5) is 11.6. The van der Waals surface area contributed by atoms with Crippen molar-refractivity contribution >= 4 is 5.91 Å². The third-order valence-electron chi connectivity index (χ3n) is 3.98. The SMILES string of the molecule is CCOc1cc(CNCc2ccc(C(=O)NC)cc2)ccc1OCC(C)C. The van der Waals surface area contributed by atoms with Crippen molar-refractivity contribution in [1.82, 2.24) is 10.6 Å². The molecule has 2 rings (SSSR count). The van der Waals surface area contributed by atoms with Gasteiger partial charge in [0.1, 0.15) is 0 Å². The zero-order valence-electron chi connectivity index (χ0n) is 16.7. The van der Waals surface area contributed by atoms with Gasteiger partial charge in [-0.05, 0) is 48.2 Å². The lowest BCUT2D eigenvalue weighted by molar-refractivity contribution is 0.0963. The molecule has 0 aliphatic heterocycles. The summed E-state index contributed by atoms with van der Waals surface area (Å²) in [6.45, 7) is 8.95. The molecular weight excluding hydrogens is 340 g/mol. The number of amides is 1. The van der Waals surface area contributed by atoms with Crippen LogP contribution in [-0.2, 0) is 13.1 Å². The van der Waals surface area contributed by atoms with Crippen LogP contribution in [0, 0.1) is 5.92 Å². The third-order valence-corrected chi connectivity index (χ3v) is 3.98. The van der Waals surface area contributed by atoms with Crippen LogP contribution in [0.5, 0.6) is 11.5 Å². The van der Waals surface area contributed by atoms with Crippen LogP contribution in [0.2, 0.25) is 0 Å². The van der Waals surface area contributed by atoms with E-state index in [1.54, 1.807) is 7.05 Å². The van der Waals surface area contributed by atoms with Gasteiger partial charge < -0.3 is 20.1 Å². The predicted octanol–water partition coefficient (Wildman–Crippen LogP) is 3.77. The molecule has 0 aliphatic rings. The highest BCUT2D eigenvalue weighted by Crippen LogP contribution is 2.29. The Hall–Kier alpha value is -2.53. The molecule has 0 aromatic heterocycles. The fraction of sp³-hybridized carbons (Fsp3) is 0.409. The van der Waals surface area contributed by atoms with Crippen molar-refractivity contribution in [1.29, 1.82) is 0 Å². The van der Waals surface area contributed by atoms with E-state index in [0.717, 1.165) is 35.7 Å². The Balaban J connectivity index is 1.92. The monoisotopic (exact) mass is 370 g/mol. The lowest BCUT2D eigenvalue weighted by atomic mass is 10.1. The van der Waals surface area contributed by atoms with Crippen molar-refractivity contribution in [3.8, 4) is 11.5 Å². The van der Waals surface area contributed by atoms with Crippen LogP contribution in [0.3, 0.4) is 0 Å². The second-order valence-corrected chi connectivity index (χ2v) is 6.80. The Morgan fingerprint density at radius 2 is 1.63 bits per heavy atom. The standard InChI is InChI=1S/C22H30N2O3/c1-5-26-21-12-18(8-11-20(21)27-15-16(2)3)14-24-13-17-6-9-19(10-7-17)22(25)23-4/h6-12,16,24H,5,13-15H2,1-4H3,(H,23,25). The first-order chi connectivity index (χ1) is 13.0. The molecular formula is C22H30N2O3. The number of hydrogen-bond acceptors (Lipinski definition) is 4. The molecule has 1 amide bonds. The molecule has 0 atom stereocenters. The summed E-state index contributed by atoms with van der Waals surface area (Å²) in [6.07, 6.45) is 0.